The number of nitrogens with two attached hydrogens (primary N) is 1. The van der Waals surface area contributed by atoms with E-state index in [1.54, 1.807) is 12.1 Å². The second kappa shape index (κ2) is 7.37. The molecule has 1 aromatic carbocycles. The van der Waals surface area contributed by atoms with Crippen molar-refractivity contribution in [2.75, 3.05) is 0 Å². The van der Waals surface area contributed by atoms with Crippen molar-refractivity contribution in [2.24, 2.45) is 11.7 Å². The van der Waals surface area contributed by atoms with Crippen molar-refractivity contribution in [3.05, 3.63) is 53.5 Å². The second-order valence-electron chi connectivity index (χ2n) is 5.73. The molecule has 0 bridgehead atoms. The van der Waals surface area contributed by atoms with Gasteiger partial charge in [0.15, 0.2) is 5.69 Å². The minimum atomic E-state index is -0.354. The number of nitrogens with one attached hydrogen (secondary N) is 1. The van der Waals surface area contributed by atoms with Gasteiger partial charge in [-0.1, -0.05) is 32.4 Å². The lowest BCUT2D eigenvalue weighted by Crippen LogP contribution is -2.27. The molecule has 0 fully saturated rings. The van der Waals surface area contributed by atoms with E-state index in [0.717, 1.165) is 12.0 Å². The number of carbonyl (C=O) groups is 1. The summed E-state index contributed by atoms with van der Waals surface area (Å²) in [4.78, 5) is 16.4. The number of halogens is 1. The van der Waals surface area contributed by atoms with Gasteiger partial charge in [-0.3, -0.25) is 4.79 Å². The molecular formula is C17H22FN3O2. The van der Waals surface area contributed by atoms with Crippen LogP contribution in [0.25, 0.3) is 0 Å². The van der Waals surface area contributed by atoms with Crippen LogP contribution < -0.4 is 11.1 Å². The summed E-state index contributed by atoms with van der Waals surface area (Å²) in [6, 6.07) is 5.37. The van der Waals surface area contributed by atoms with E-state index in [9.17, 15) is 9.18 Å². The molecule has 0 radical (unpaired) electrons. The Morgan fingerprint density at radius 3 is 2.61 bits per heavy atom. The lowest BCUT2D eigenvalue weighted by atomic mass is 10.0. The van der Waals surface area contributed by atoms with E-state index in [2.05, 4.69) is 10.3 Å². The topological polar surface area (TPSA) is 81.1 Å². The third-order valence-corrected chi connectivity index (χ3v) is 4.01. The van der Waals surface area contributed by atoms with E-state index in [1.165, 1.54) is 18.4 Å². The number of carbonyl (C=O) groups excluding carboxylic acids is 1. The minimum absolute atomic E-state index is 0.188. The van der Waals surface area contributed by atoms with Crippen LogP contribution in [0.4, 0.5) is 4.39 Å². The van der Waals surface area contributed by atoms with Gasteiger partial charge in [0.1, 0.15) is 12.1 Å². The first-order valence-corrected chi connectivity index (χ1v) is 7.69. The van der Waals surface area contributed by atoms with Crippen LogP contribution >= 0.6 is 0 Å². The summed E-state index contributed by atoms with van der Waals surface area (Å²) in [5.74, 6) is -0.0951. The van der Waals surface area contributed by atoms with Crippen molar-refractivity contribution in [3.8, 4) is 0 Å². The number of hydrogen-bond donors (Lipinski definition) is 2. The summed E-state index contributed by atoms with van der Waals surface area (Å²) in [6.07, 6.45) is 2.21. The Morgan fingerprint density at radius 2 is 2.00 bits per heavy atom. The summed E-state index contributed by atoms with van der Waals surface area (Å²) in [5, 5.41) is 2.80. The maximum absolute atomic E-state index is 12.9. The molecule has 0 saturated heterocycles. The van der Waals surface area contributed by atoms with Crippen molar-refractivity contribution in [1.29, 1.82) is 0 Å². The molecule has 124 valence electrons. The molecule has 0 aliphatic heterocycles. The fourth-order valence-electron chi connectivity index (χ4n) is 2.15. The predicted molar refractivity (Wildman–Crippen MR) is 85.2 cm³/mol. The van der Waals surface area contributed by atoms with E-state index < -0.39 is 0 Å². The van der Waals surface area contributed by atoms with Gasteiger partial charge in [0.2, 0.25) is 5.89 Å². The average molecular weight is 319 g/mol. The van der Waals surface area contributed by atoms with Gasteiger partial charge in [-0.15, -0.1) is 0 Å². The smallest absolute Gasteiger partial charge is 0.273 e. The number of rotatable bonds is 6. The molecule has 2 rings (SSSR count). The minimum Gasteiger partial charge on any atom is -0.446 e. The predicted octanol–water partition coefficient (Wildman–Crippen LogP) is 3.35. The number of benzene rings is 1. The van der Waals surface area contributed by atoms with E-state index >= 15 is 0 Å². The monoisotopic (exact) mass is 319 g/mol. The molecule has 3 atom stereocenters. The van der Waals surface area contributed by atoms with Crippen molar-refractivity contribution in [1.82, 2.24) is 10.3 Å². The Hall–Kier alpha value is -2.21. The van der Waals surface area contributed by atoms with Crippen molar-refractivity contribution < 1.29 is 13.6 Å². The maximum atomic E-state index is 12.9. The van der Waals surface area contributed by atoms with Gasteiger partial charge in [-0.25, -0.2) is 9.37 Å². The van der Waals surface area contributed by atoms with Crippen LogP contribution in [0.15, 0.2) is 34.9 Å². The highest BCUT2D eigenvalue weighted by molar-refractivity contribution is 5.92. The summed E-state index contributed by atoms with van der Waals surface area (Å²) >= 11 is 0. The Bertz CT molecular complexity index is 654. The molecule has 1 aromatic heterocycles. The number of aromatic nitrogens is 1. The van der Waals surface area contributed by atoms with Gasteiger partial charge in [0, 0.05) is 0 Å². The van der Waals surface area contributed by atoms with Crippen LogP contribution in [0.3, 0.4) is 0 Å². The largest absolute Gasteiger partial charge is 0.446 e. The average Bonchev–Trinajstić information content (AvgIpc) is 3.04. The standard InChI is InChI=1S/C17H22FN3O2/c1-4-10(2)15(19)17-21-14(9-23-17)16(22)20-11(3)12-5-7-13(18)8-6-12/h5-11,15H,4,19H2,1-3H3,(H,20,22). The molecule has 6 heteroatoms. The van der Waals surface area contributed by atoms with Crippen LogP contribution in [0.2, 0.25) is 0 Å². The van der Waals surface area contributed by atoms with Gasteiger partial charge >= 0.3 is 0 Å². The molecule has 2 aromatic rings. The van der Waals surface area contributed by atoms with Crippen LogP contribution in [0.1, 0.15) is 61.2 Å². The van der Waals surface area contributed by atoms with Gasteiger partial charge < -0.3 is 15.5 Å². The quantitative estimate of drug-likeness (QED) is 0.855. The number of oxazole rings is 1. The number of hydrogen-bond acceptors (Lipinski definition) is 4. The van der Waals surface area contributed by atoms with E-state index in [0.29, 0.717) is 5.89 Å². The van der Waals surface area contributed by atoms with Crippen LogP contribution in [0, 0.1) is 11.7 Å². The summed E-state index contributed by atoms with van der Waals surface area (Å²) in [5.41, 5.74) is 7.04. The normalized spacial score (nSPS) is 15.0. The van der Waals surface area contributed by atoms with Gasteiger partial charge in [0.05, 0.1) is 12.1 Å². The fraction of sp³-hybridized carbons (Fsp3) is 0.412. The second-order valence-corrected chi connectivity index (χ2v) is 5.73. The van der Waals surface area contributed by atoms with Gasteiger partial charge in [-0.05, 0) is 30.5 Å². The van der Waals surface area contributed by atoms with Crippen LogP contribution in [-0.2, 0) is 0 Å². The first-order chi connectivity index (χ1) is 10.9. The molecule has 23 heavy (non-hydrogen) atoms. The number of amides is 1. The molecule has 0 spiro atoms. The molecular weight excluding hydrogens is 297 g/mol. The SMILES string of the molecule is CCC(C)C(N)c1nc(C(=O)NC(C)c2ccc(F)cc2)co1. The molecule has 3 N–H and O–H groups in total. The zero-order valence-corrected chi connectivity index (χ0v) is 13.5. The third kappa shape index (κ3) is 4.16. The summed E-state index contributed by atoms with van der Waals surface area (Å²) in [7, 11) is 0. The van der Waals surface area contributed by atoms with Crippen LogP contribution in [-0.4, -0.2) is 10.9 Å². The van der Waals surface area contributed by atoms with Crippen molar-refractivity contribution in [2.45, 2.75) is 39.3 Å². The van der Waals surface area contributed by atoms with E-state index in [1.807, 2.05) is 20.8 Å². The van der Waals surface area contributed by atoms with Crippen molar-refractivity contribution >= 4 is 5.91 Å². The fourth-order valence-corrected chi connectivity index (χ4v) is 2.15. The van der Waals surface area contributed by atoms with E-state index in [-0.39, 0.29) is 35.4 Å². The highest BCUT2D eigenvalue weighted by Crippen LogP contribution is 2.21. The first-order valence-electron chi connectivity index (χ1n) is 7.69. The van der Waals surface area contributed by atoms with Gasteiger partial charge in [-0.2, -0.15) is 0 Å². The lowest BCUT2D eigenvalue weighted by molar-refractivity contribution is 0.0934. The molecule has 0 aliphatic carbocycles. The molecule has 5 nitrogen and oxygen atoms in total. The maximum Gasteiger partial charge on any atom is 0.273 e. The molecule has 1 heterocycles. The summed E-state index contributed by atoms with van der Waals surface area (Å²) in [6.45, 7) is 5.85. The Balaban J connectivity index is 2.03. The van der Waals surface area contributed by atoms with Crippen LogP contribution in [0.5, 0.6) is 0 Å². The Labute approximate surface area is 135 Å². The molecule has 0 aliphatic rings. The van der Waals surface area contributed by atoms with E-state index in [4.69, 9.17) is 10.2 Å². The third-order valence-electron chi connectivity index (χ3n) is 4.01. The Morgan fingerprint density at radius 1 is 1.35 bits per heavy atom. The Kier molecular flexibility index (Phi) is 5.50. The number of nitrogens with zero attached hydrogens (tertiary/aromatic N) is 1. The molecule has 3 unspecified atom stereocenters. The van der Waals surface area contributed by atoms with Crippen molar-refractivity contribution in [3.63, 3.8) is 0 Å². The zero-order valence-electron chi connectivity index (χ0n) is 13.5. The van der Waals surface area contributed by atoms with Gasteiger partial charge in [0.25, 0.3) is 5.91 Å². The lowest BCUT2D eigenvalue weighted by Gasteiger charge is -2.14. The zero-order chi connectivity index (χ0) is 17.0. The summed E-state index contributed by atoms with van der Waals surface area (Å²) < 4.78 is 18.3. The first kappa shape index (κ1) is 17.1. The molecule has 0 saturated carbocycles. The highest BCUT2D eigenvalue weighted by Gasteiger charge is 2.21. The highest BCUT2D eigenvalue weighted by atomic mass is 19.1. The molecule has 1 amide bonds.